The molecule has 74 valence electrons. The molecule has 0 radical (unpaired) electrons. The first-order valence-corrected chi connectivity index (χ1v) is 5.07. The zero-order valence-corrected chi connectivity index (χ0v) is 9.31. The molecule has 0 fully saturated rings. The number of H-pyrrole nitrogens is 1. The molecule has 0 aliphatic heterocycles. The average molecular weight is 187 g/mol. The Morgan fingerprint density at radius 3 is 2.50 bits per heavy atom. The molecule has 1 aromatic carbocycles. The summed E-state index contributed by atoms with van der Waals surface area (Å²) in [5.74, 6) is 0. The van der Waals surface area contributed by atoms with Crippen molar-refractivity contribution < 1.29 is 0 Å². The van der Waals surface area contributed by atoms with Crippen molar-refractivity contribution in [3.63, 3.8) is 0 Å². The van der Waals surface area contributed by atoms with Crippen LogP contribution in [0.5, 0.6) is 0 Å². The van der Waals surface area contributed by atoms with Gasteiger partial charge >= 0.3 is 0 Å². The lowest BCUT2D eigenvalue weighted by Crippen LogP contribution is -2.10. The van der Waals surface area contributed by atoms with E-state index in [1.54, 1.807) is 0 Å². The lowest BCUT2D eigenvalue weighted by atomic mass is 9.86. The van der Waals surface area contributed by atoms with Crippen LogP contribution in [0.1, 0.15) is 31.9 Å². The van der Waals surface area contributed by atoms with E-state index < -0.39 is 0 Å². The van der Waals surface area contributed by atoms with Gasteiger partial charge in [0.05, 0.1) is 0 Å². The number of nitrogens with one attached hydrogen (secondary N) is 1. The van der Waals surface area contributed by atoms with E-state index in [-0.39, 0.29) is 5.41 Å². The highest BCUT2D eigenvalue weighted by molar-refractivity contribution is 5.87. The van der Waals surface area contributed by atoms with Gasteiger partial charge in [-0.05, 0) is 29.5 Å². The Labute approximate surface area is 85.1 Å². The van der Waals surface area contributed by atoms with Gasteiger partial charge in [-0.15, -0.1) is 0 Å². The molecule has 0 bridgehead atoms. The van der Waals surface area contributed by atoms with Crippen LogP contribution in [0.25, 0.3) is 10.9 Å². The molecule has 1 N–H and O–H groups in total. The lowest BCUT2D eigenvalue weighted by Gasteiger charge is -2.18. The summed E-state index contributed by atoms with van der Waals surface area (Å²) in [7, 11) is 0. The average Bonchev–Trinajstić information content (AvgIpc) is 2.47. The Balaban J connectivity index is 2.80. The van der Waals surface area contributed by atoms with E-state index in [4.69, 9.17) is 0 Å². The smallest absolute Gasteiger partial charge is 0.0459 e. The van der Waals surface area contributed by atoms with Gasteiger partial charge in [-0.25, -0.2) is 0 Å². The minimum absolute atomic E-state index is 0.213. The highest BCUT2D eigenvalue weighted by Crippen LogP contribution is 2.31. The molecule has 14 heavy (non-hydrogen) atoms. The molecule has 0 saturated carbocycles. The summed E-state index contributed by atoms with van der Waals surface area (Å²) in [6.45, 7) is 8.93. The van der Waals surface area contributed by atoms with E-state index in [1.165, 1.54) is 22.0 Å². The fraction of sp³-hybridized carbons (Fsp3) is 0.385. The van der Waals surface area contributed by atoms with Crippen molar-refractivity contribution in [3.05, 3.63) is 35.5 Å². The van der Waals surface area contributed by atoms with E-state index in [0.29, 0.717) is 0 Å². The van der Waals surface area contributed by atoms with E-state index >= 15 is 0 Å². The maximum Gasteiger partial charge on any atom is 0.0459 e. The largest absolute Gasteiger partial charge is 0.361 e. The van der Waals surface area contributed by atoms with Gasteiger partial charge < -0.3 is 4.98 Å². The molecule has 1 heteroatoms. The Bertz CT molecular complexity index is 458. The van der Waals surface area contributed by atoms with Crippen molar-refractivity contribution in [2.45, 2.75) is 33.1 Å². The molecule has 0 aliphatic carbocycles. The first-order valence-electron chi connectivity index (χ1n) is 5.07. The maximum atomic E-state index is 3.34. The summed E-state index contributed by atoms with van der Waals surface area (Å²) in [6.07, 6.45) is 2.14. The second-order valence-electron chi connectivity index (χ2n) is 4.95. The summed E-state index contributed by atoms with van der Waals surface area (Å²) >= 11 is 0. The van der Waals surface area contributed by atoms with E-state index in [1.807, 2.05) is 0 Å². The summed E-state index contributed by atoms with van der Waals surface area (Å²) in [6, 6.07) is 6.41. The Kier molecular flexibility index (Phi) is 1.91. The number of aromatic nitrogens is 1. The van der Waals surface area contributed by atoms with Crippen molar-refractivity contribution >= 4 is 10.9 Å². The predicted molar refractivity (Wildman–Crippen MR) is 61.7 cm³/mol. The van der Waals surface area contributed by atoms with Gasteiger partial charge in [0.15, 0.2) is 0 Å². The van der Waals surface area contributed by atoms with E-state index in [9.17, 15) is 0 Å². The van der Waals surface area contributed by atoms with Crippen LogP contribution in [-0.2, 0) is 5.41 Å². The van der Waals surface area contributed by atoms with Crippen LogP contribution >= 0.6 is 0 Å². The first-order chi connectivity index (χ1) is 6.50. The minimum Gasteiger partial charge on any atom is -0.361 e. The van der Waals surface area contributed by atoms with Crippen molar-refractivity contribution in [2.75, 3.05) is 0 Å². The van der Waals surface area contributed by atoms with Crippen LogP contribution < -0.4 is 0 Å². The number of hydrogen-bond acceptors (Lipinski definition) is 0. The van der Waals surface area contributed by atoms with Crippen LogP contribution in [-0.4, -0.2) is 4.98 Å². The number of aromatic amines is 1. The van der Waals surface area contributed by atoms with E-state index in [2.05, 4.69) is 57.1 Å². The predicted octanol–water partition coefficient (Wildman–Crippen LogP) is 3.77. The van der Waals surface area contributed by atoms with Crippen LogP contribution in [0, 0.1) is 6.92 Å². The van der Waals surface area contributed by atoms with Gasteiger partial charge in [-0.2, -0.15) is 0 Å². The van der Waals surface area contributed by atoms with Gasteiger partial charge in [0.2, 0.25) is 0 Å². The lowest BCUT2D eigenvalue weighted by molar-refractivity contribution is 0.595. The molecule has 0 spiro atoms. The first kappa shape index (κ1) is 9.32. The Morgan fingerprint density at radius 2 is 1.86 bits per heavy atom. The van der Waals surface area contributed by atoms with Crippen molar-refractivity contribution in [2.24, 2.45) is 0 Å². The zero-order chi connectivity index (χ0) is 10.3. The van der Waals surface area contributed by atoms with Crippen LogP contribution in [0.4, 0.5) is 0 Å². The summed E-state index contributed by atoms with van der Waals surface area (Å²) in [5, 5.41) is 1.39. The molecular weight excluding hydrogens is 170 g/mol. The fourth-order valence-electron chi connectivity index (χ4n) is 1.96. The highest BCUT2D eigenvalue weighted by Gasteiger charge is 2.18. The second kappa shape index (κ2) is 2.88. The van der Waals surface area contributed by atoms with Gasteiger partial charge in [0, 0.05) is 17.1 Å². The second-order valence-corrected chi connectivity index (χ2v) is 4.95. The Hall–Kier alpha value is -1.24. The molecule has 0 atom stereocenters. The number of hydrogen-bond donors (Lipinski definition) is 1. The molecule has 1 nitrogen and oxygen atoms in total. The number of fused-ring (bicyclic) bond motifs is 1. The molecule has 1 heterocycles. The third-order valence-electron chi connectivity index (χ3n) is 2.72. The molecule has 0 unspecified atom stereocenters. The summed E-state index contributed by atoms with van der Waals surface area (Å²) in [5.41, 5.74) is 4.22. The standard InChI is InChI=1S/C13H17N/c1-9-6-5-7-11-12(9)10(8-14-11)13(2,3)4/h5-8,14H,1-4H3. The van der Waals surface area contributed by atoms with Crippen molar-refractivity contribution in [1.29, 1.82) is 0 Å². The van der Waals surface area contributed by atoms with Gasteiger partial charge in [0.1, 0.15) is 0 Å². The Morgan fingerprint density at radius 1 is 1.14 bits per heavy atom. The third kappa shape index (κ3) is 1.33. The number of benzene rings is 1. The zero-order valence-electron chi connectivity index (χ0n) is 9.31. The van der Waals surface area contributed by atoms with Gasteiger partial charge in [-0.3, -0.25) is 0 Å². The number of rotatable bonds is 0. The van der Waals surface area contributed by atoms with Crippen LogP contribution in [0.2, 0.25) is 0 Å². The normalized spacial score (nSPS) is 12.3. The monoisotopic (exact) mass is 187 g/mol. The topological polar surface area (TPSA) is 15.8 Å². The highest BCUT2D eigenvalue weighted by atomic mass is 14.7. The van der Waals surface area contributed by atoms with Crippen molar-refractivity contribution in [3.8, 4) is 0 Å². The van der Waals surface area contributed by atoms with Crippen molar-refractivity contribution in [1.82, 2.24) is 4.98 Å². The maximum absolute atomic E-state index is 3.34. The molecule has 0 saturated heterocycles. The van der Waals surface area contributed by atoms with Gasteiger partial charge in [0.25, 0.3) is 0 Å². The van der Waals surface area contributed by atoms with Gasteiger partial charge in [-0.1, -0.05) is 32.9 Å². The molecule has 0 aliphatic rings. The summed E-state index contributed by atoms with van der Waals surface area (Å²) in [4.78, 5) is 3.34. The van der Waals surface area contributed by atoms with Crippen LogP contribution in [0.15, 0.2) is 24.4 Å². The quantitative estimate of drug-likeness (QED) is 0.646. The summed E-state index contributed by atoms with van der Waals surface area (Å²) < 4.78 is 0. The molecular formula is C13H17N. The van der Waals surface area contributed by atoms with Crippen LogP contribution in [0.3, 0.4) is 0 Å². The number of aryl methyl sites for hydroxylation is 1. The third-order valence-corrected chi connectivity index (χ3v) is 2.72. The molecule has 0 amide bonds. The molecule has 2 aromatic rings. The molecule has 1 aromatic heterocycles. The minimum atomic E-state index is 0.213. The SMILES string of the molecule is Cc1cccc2[nH]cc(C(C)(C)C)c12. The molecule has 2 rings (SSSR count). The van der Waals surface area contributed by atoms with E-state index in [0.717, 1.165) is 0 Å². The fourth-order valence-corrected chi connectivity index (χ4v) is 1.96.